The molecule has 0 aromatic heterocycles. The third-order valence-electron chi connectivity index (χ3n) is 8.70. The maximum Gasteiger partial charge on any atom is 1.00 e. The SMILES string of the molecule is CC(C)(C)O[Si]([O-])(OC(C)(C)C)OC(C)(C)C.CC(C)(C)O[Si]([O-])(OC(C)(C)C)OC(C)(C)C.CC(C)(C)O[Si]([O-])(OC(C)(C)C)OC(C)(C)C.CC(C)(C)O[Si]([O-])(OC(C)(C)C)OC(C)(C)C.CC(C)(C)O[Si]([O-])(OC(C)(C)C)OC(C)(C)C.CC(C)(C)O[Si]([O-])(OC(C)(C)C)OC(C)(C)C.Cc1ccccc1.[K+].[K+].[S-2].[S-2].[S-2].[U].[U]. The summed E-state index contributed by atoms with van der Waals surface area (Å²) >= 11 is 0. The smallest absolute Gasteiger partial charge is 1.00 e. The second kappa shape index (κ2) is 56.2. The van der Waals surface area contributed by atoms with Crippen LogP contribution in [0.25, 0.3) is 0 Å². The van der Waals surface area contributed by atoms with Gasteiger partial charge >= 0.3 is 157 Å². The predicted octanol–water partition coefficient (Wildman–Crippen LogP) is 9.36. The molecular weight excluding hydrogens is 2150 g/mol. The third-order valence-corrected chi connectivity index (χ3v) is 24.2. The average Bonchev–Trinajstić information content (AvgIpc) is 0.855. The van der Waals surface area contributed by atoms with Crippen molar-refractivity contribution in [1.29, 1.82) is 0 Å². The van der Waals surface area contributed by atoms with Crippen molar-refractivity contribution in [3.05, 3.63) is 35.9 Å². The summed E-state index contributed by atoms with van der Waals surface area (Å²) in [6.45, 7) is 101. The van der Waals surface area contributed by atoms with Gasteiger partial charge in [0.1, 0.15) is 0 Å². The van der Waals surface area contributed by atoms with Crippen molar-refractivity contribution in [1.82, 2.24) is 0 Å². The summed E-state index contributed by atoms with van der Waals surface area (Å²) in [5.74, 6) is 0. The molecule has 0 spiro atoms. The van der Waals surface area contributed by atoms with Gasteiger partial charge in [-0.2, -0.15) is 0 Å². The van der Waals surface area contributed by atoms with Crippen molar-refractivity contribution in [3.63, 3.8) is 0 Å². The number of hydrogen-bond acceptors (Lipinski definition) is 24. The summed E-state index contributed by atoms with van der Waals surface area (Å²) in [5, 5.41) is 0. The van der Waals surface area contributed by atoms with E-state index in [-0.39, 0.29) is 205 Å². The quantitative estimate of drug-likeness (QED) is 0.124. The van der Waals surface area contributed by atoms with Crippen LogP contribution in [-0.4, -0.2) is 155 Å². The molecule has 1 aromatic carbocycles. The van der Waals surface area contributed by atoms with Gasteiger partial charge in [0.05, 0.1) is 101 Å². The van der Waals surface area contributed by atoms with Crippen molar-refractivity contribution in [3.8, 4) is 0 Å². The normalized spacial score (nSPS) is 13.9. The molecule has 0 fully saturated rings. The van der Waals surface area contributed by atoms with E-state index in [9.17, 15) is 28.8 Å². The topological polar surface area (TPSA) is 304 Å². The Labute approximate surface area is 873 Å². The Morgan fingerprint density at radius 3 is 0.259 bits per heavy atom. The van der Waals surface area contributed by atoms with Gasteiger partial charge in [-0.1, -0.05) is 35.9 Å². The molecule has 37 heteroatoms. The van der Waals surface area contributed by atoms with Crippen molar-refractivity contribution < 1.29 is 273 Å². The minimum absolute atomic E-state index is 0. The molecule has 24 nitrogen and oxygen atoms in total. The standard InChI is InChI=1S/6C12H27O4Si.C7H8.2K.3S.2U/c6*1-10(2,3)14-17(13,15-11(4,5)6)16-12(7,8)9;1-7-5-3-2-4-6-7;;;;;;;/h6*1-9H3;2-6H,1H3;;;;;;;/q6*-1;;2*+1;3*-2;;. The van der Waals surface area contributed by atoms with Crippen molar-refractivity contribution in [2.24, 2.45) is 0 Å². The molecule has 0 aliphatic carbocycles. The van der Waals surface area contributed by atoms with E-state index in [0.29, 0.717) is 0 Å². The fourth-order valence-corrected chi connectivity index (χ4v) is 21.9. The van der Waals surface area contributed by atoms with Crippen molar-refractivity contribution >= 4 is 94.8 Å². The Hall–Kier alpha value is 5.99. The zero-order valence-corrected chi connectivity index (χ0v) is 107. The van der Waals surface area contributed by atoms with Crippen LogP contribution < -0.4 is 132 Å². The first-order valence-corrected chi connectivity index (χ1v) is 47.8. The van der Waals surface area contributed by atoms with Gasteiger partial charge in [-0.05, 0) is 381 Å². The van der Waals surface area contributed by atoms with E-state index >= 15 is 0 Å². The van der Waals surface area contributed by atoms with Crippen LogP contribution in [0.1, 0.15) is 379 Å². The molecule has 0 aliphatic heterocycles. The molecule has 116 heavy (non-hydrogen) atoms. The first-order chi connectivity index (χ1) is 46.1. The summed E-state index contributed by atoms with van der Waals surface area (Å²) in [6.07, 6.45) is 0. The largest absolute Gasteiger partial charge is 2.00 e. The second-order valence-electron chi connectivity index (χ2n) is 44.5. The van der Waals surface area contributed by atoms with Gasteiger partial charge in [0, 0.05) is 62.2 Å². The van der Waals surface area contributed by atoms with Crippen LogP contribution in [0, 0.1) is 69.2 Å². The van der Waals surface area contributed by atoms with Gasteiger partial charge < -0.3 is 149 Å². The van der Waals surface area contributed by atoms with E-state index in [0.717, 1.165) is 0 Å². The second-order valence-corrected chi connectivity index (χ2v) is 54.2. The van der Waals surface area contributed by atoms with E-state index < -0.39 is 155 Å². The van der Waals surface area contributed by atoms with Crippen molar-refractivity contribution in [2.45, 2.75) is 482 Å². The fraction of sp³-hybridized carbons (Fsp3) is 0.924. The van der Waals surface area contributed by atoms with Crippen LogP contribution in [-0.2, 0) is 120 Å². The summed E-state index contributed by atoms with van der Waals surface area (Å²) in [4.78, 5) is 75.7. The first-order valence-electron chi connectivity index (χ1n) is 38.0. The molecule has 0 N–H and O–H groups in total. The average molecular weight is 2320 g/mol. The summed E-state index contributed by atoms with van der Waals surface area (Å²) in [5.41, 5.74) is -9.10. The third kappa shape index (κ3) is 114. The summed E-state index contributed by atoms with van der Waals surface area (Å²) in [7, 11) is -23.4. The Balaban J connectivity index is -0.0000000968. The molecule has 1 aromatic rings. The van der Waals surface area contributed by atoms with E-state index in [4.69, 9.17) is 79.7 Å². The minimum atomic E-state index is -3.91. The molecular formula is C79H170K2O24S3Si6U2-10. The van der Waals surface area contributed by atoms with E-state index in [2.05, 4.69) is 19.1 Å². The molecule has 1 rings (SSSR count). The summed E-state index contributed by atoms with van der Waals surface area (Å²) < 4.78 is 99.3. The van der Waals surface area contributed by atoms with Gasteiger partial charge in [-0.15, -0.1) is 0 Å². The summed E-state index contributed by atoms with van der Waals surface area (Å²) in [6, 6.07) is 10.3. The Morgan fingerprint density at radius 2 is 0.224 bits per heavy atom. The van der Waals surface area contributed by atoms with Gasteiger partial charge in [0.2, 0.25) is 0 Å². The molecule has 0 aliphatic rings. The van der Waals surface area contributed by atoms with Crippen LogP contribution in [0.4, 0.5) is 0 Å². The van der Waals surface area contributed by atoms with Gasteiger partial charge in [-0.3, -0.25) is 0 Å². The van der Waals surface area contributed by atoms with E-state index in [1.165, 1.54) is 5.56 Å². The maximum absolute atomic E-state index is 12.6. The van der Waals surface area contributed by atoms with E-state index in [1.807, 2.05) is 392 Å². The number of aryl methyl sites for hydroxylation is 1. The van der Waals surface area contributed by atoms with Gasteiger partial charge in [0.25, 0.3) is 0 Å². The maximum atomic E-state index is 12.6. The Bertz CT molecular complexity index is 2000. The Morgan fingerprint density at radius 1 is 0.164 bits per heavy atom. The minimum Gasteiger partial charge on any atom is -2.00 e. The van der Waals surface area contributed by atoms with Gasteiger partial charge in [0.15, 0.2) is 0 Å². The van der Waals surface area contributed by atoms with Crippen molar-refractivity contribution in [2.75, 3.05) is 0 Å². The Kier molecular flexibility index (Phi) is 72.9. The molecule has 0 heterocycles. The fourth-order valence-electron chi connectivity index (χ4n) is 7.66. The number of benzene rings is 1. The van der Waals surface area contributed by atoms with Crippen LogP contribution in [0.3, 0.4) is 0 Å². The van der Waals surface area contributed by atoms with E-state index in [1.54, 1.807) is 0 Å². The molecule has 0 radical (unpaired) electrons. The number of hydrogen-bond donors (Lipinski definition) is 0. The molecule has 0 saturated carbocycles. The number of rotatable bonds is 18. The predicted molar refractivity (Wildman–Crippen MR) is 463 cm³/mol. The zero-order valence-electron chi connectivity index (χ0n) is 84.4. The van der Waals surface area contributed by atoms with Crippen LogP contribution >= 0.6 is 0 Å². The molecule has 692 valence electrons. The molecule has 0 atom stereocenters. The van der Waals surface area contributed by atoms with Crippen LogP contribution in [0.2, 0.25) is 0 Å². The molecule has 0 unspecified atom stereocenters. The van der Waals surface area contributed by atoms with Crippen LogP contribution in [0.5, 0.6) is 0 Å². The molecule has 0 bridgehead atoms. The van der Waals surface area contributed by atoms with Gasteiger partial charge in [-0.25, -0.2) is 0 Å². The first kappa shape index (κ1) is 150. The zero-order chi connectivity index (χ0) is 89.8. The molecule has 0 saturated heterocycles. The molecule has 0 amide bonds. The monoisotopic (exact) mass is 2320 g/mol. The van der Waals surface area contributed by atoms with Crippen LogP contribution in [0.15, 0.2) is 30.3 Å².